The molecule has 0 aliphatic carbocycles. The number of amides is 1. The van der Waals surface area contributed by atoms with Crippen LogP contribution in [0.3, 0.4) is 0 Å². The number of piperidine rings is 1. The highest BCUT2D eigenvalue weighted by Gasteiger charge is 2.38. The Hall–Kier alpha value is -2.61. The summed E-state index contributed by atoms with van der Waals surface area (Å²) in [7, 11) is 0. The maximum Gasteiger partial charge on any atom is 0.407 e. The van der Waals surface area contributed by atoms with Crippen molar-refractivity contribution in [2.24, 2.45) is 11.8 Å². The minimum atomic E-state index is -1.02. The van der Waals surface area contributed by atoms with Crippen LogP contribution in [0.4, 0.5) is 4.79 Å². The minimum Gasteiger partial charge on any atom is -0.494 e. The van der Waals surface area contributed by atoms with Crippen LogP contribution in [0, 0.1) is 11.8 Å². The van der Waals surface area contributed by atoms with Crippen LogP contribution in [0.15, 0.2) is 54.6 Å². The lowest BCUT2D eigenvalue weighted by molar-refractivity contribution is 0.0387. The van der Waals surface area contributed by atoms with Gasteiger partial charge in [0.05, 0.1) is 19.8 Å². The molecule has 0 spiro atoms. The van der Waals surface area contributed by atoms with Gasteiger partial charge in [0.15, 0.2) is 0 Å². The van der Waals surface area contributed by atoms with E-state index in [-0.39, 0.29) is 44.1 Å². The number of nitrogens with zero attached hydrogens (tertiary/aromatic N) is 1. The molecule has 1 aliphatic heterocycles. The zero-order chi connectivity index (χ0) is 22.1. The van der Waals surface area contributed by atoms with E-state index in [1.54, 1.807) is 0 Å². The lowest BCUT2D eigenvalue weighted by atomic mass is 9.74. The number of carbonyl (C=O) groups is 1. The minimum absolute atomic E-state index is 0.106. The molecule has 1 aliphatic rings. The first kappa shape index (κ1) is 23.1. The van der Waals surface area contributed by atoms with Gasteiger partial charge in [-0.25, -0.2) is 4.79 Å². The molecule has 0 aromatic heterocycles. The van der Waals surface area contributed by atoms with E-state index in [1.807, 2.05) is 54.6 Å². The van der Waals surface area contributed by atoms with Crippen LogP contribution in [0.25, 0.3) is 0 Å². The average molecular weight is 430 g/mol. The summed E-state index contributed by atoms with van der Waals surface area (Å²) in [5, 5.41) is 28.9. The summed E-state index contributed by atoms with van der Waals surface area (Å²) in [5.74, 6) is 0.132. The Morgan fingerprint density at radius 2 is 1.58 bits per heavy atom. The molecule has 1 fully saturated rings. The molecule has 7 nitrogen and oxygen atoms in total. The number of hydrogen-bond donors (Lipinski definition) is 3. The third kappa shape index (κ3) is 6.43. The maximum atomic E-state index is 11.3. The molecule has 3 N–H and O–H groups in total. The van der Waals surface area contributed by atoms with Crippen molar-refractivity contribution in [1.82, 2.24) is 4.90 Å². The van der Waals surface area contributed by atoms with Crippen LogP contribution < -0.4 is 4.74 Å². The molecule has 2 aromatic carbocycles. The molecule has 31 heavy (non-hydrogen) atoms. The summed E-state index contributed by atoms with van der Waals surface area (Å²) in [6.45, 7) is 2.00. The van der Waals surface area contributed by atoms with Gasteiger partial charge in [-0.3, -0.25) is 0 Å². The van der Waals surface area contributed by atoms with Gasteiger partial charge in [0.25, 0.3) is 0 Å². The van der Waals surface area contributed by atoms with E-state index in [0.717, 1.165) is 23.3 Å². The molecule has 1 saturated heterocycles. The van der Waals surface area contributed by atoms with Crippen molar-refractivity contribution in [3.63, 3.8) is 0 Å². The number of rotatable bonds is 10. The van der Waals surface area contributed by atoms with Gasteiger partial charge in [-0.05, 0) is 29.2 Å². The second-order valence-corrected chi connectivity index (χ2v) is 7.91. The highest BCUT2D eigenvalue weighted by molar-refractivity contribution is 5.65. The molecule has 3 atom stereocenters. The van der Waals surface area contributed by atoms with Gasteiger partial charge in [0.1, 0.15) is 5.75 Å². The average Bonchev–Trinajstić information content (AvgIpc) is 2.81. The van der Waals surface area contributed by atoms with Crippen molar-refractivity contribution in [3.8, 4) is 5.75 Å². The van der Waals surface area contributed by atoms with E-state index < -0.39 is 6.09 Å². The molecule has 0 saturated carbocycles. The number of aliphatic hydroxyl groups excluding tert-OH is 2. The lowest BCUT2D eigenvalue weighted by Gasteiger charge is -2.42. The zero-order valence-corrected chi connectivity index (χ0v) is 17.6. The molecule has 1 heterocycles. The fraction of sp³-hybridized carbons (Fsp3) is 0.458. The third-order valence-corrected chi connectivity index (χ3v) is 5.74. The molecule has 0 bridgehead atoms. The number of benzene rings is 2. The third-order valence-electron chi connectivity index (χ3n) is 5.74. The van der Waals surface area contributed by atoms with Gasteiger partial charge in [-0.1, -0.05) is 42.5 Å². The Morgan fingerprint density at radius 1 is 0.935 bits per heavy atom. The van der Waals surface area contributed by atoms with Gasteiger partial charge >= 0.3 is 6.09 Å². The predicted molar refractivity (Wildman–Crippen MR) is 116 cm³/mol. The van der Waals surface area contributed by atoms with Crippen LogP contribution in [0.2, 0.25) is 0 Å². The largest absolute Gasteiger partial charge is 0.494 e. The Morgan fingerprint density at radius 3 is 2.16 bits per heavy atom. The summed E-state index contributed by atoms with van der Waals surface area (Å²) >= 11 is 0. The molecule has 0 radical (unpaired) electrons. The van der Waals surface area contributed by atoms with E-state index >= 15 is 0 Å². The second kappa shape index (κ2) is 11.7. The molecule has 1 amide bonds. The second-order valence-electron chi connectivity index (χ2n) is 7.91. The topological polar surface area (TPSA) is 99.5 Å². The van der Waals surface area contributed by atoms with Crippen LogP contribution in [0.5, 0.6) is 5.75 Å². The molecule has 0 unspecified atom stereocenters. The molecule has 7 heteroatoms. The van der Waals surface area contributed by atoms with Crippen molar-refractivity contribution in [2.45, 2.75) is 18.9 Å². The first-order chi connectivity index (χ1) is 15.1. The Kier molecular flexibility index (Phi) is 8.70. The quantitative estimate of drug-likeness (QED) is 0.502. The van der Waals surface area contributed by atoms with E-state index in [2.05, 4.69) is 0 Å². The molecular weight excluding hydrogens is 398 g/mol. The van der Waals surface area contributed by atoms with Crippen LogP contribution in [-0.4, -0.2) is 65.8 Å². The highest BCUT2D eigenvalue weighted by Crippen LogP contribution is 2.37. The lowest BCUT2D eigenvalue weighted by Crippen LogP contribution is -2.49. The first-order valence-electron chi connectivity index (χ1n) is 10.7. The Bertz CT molecular complexity index is 783. The summed E-state index contributed by atoms with van der Waals surface area (Å²) in [6.07, 6.45) is -0.242. The summed E-state index contributed by atoms with van der Waals surface area (Å²) in [5.41, 5.74) is 2.12. The van der Waals surface area contributed by atoms with E-state index in [9.17, 15) is 20.1 Å². The van der Waals surface area contributed by atoms with Crippen molar-refractivity contribution >= 4 is 6.09 Å². The van der Waals surface area contributed by atoms with Crippen LogP contribution in [-0.2, 0) is 11.3 Å². The van der Waals surface area contributed by atoms with Crippen molar-refractivity contribution in [1.29, 1.82) is 0 Å². The molecule has 168 valence electrons. The number of likely N-dealkylation sites (tertiary alicyclic amines) is 1. The van der Waals surface area contributed by atoms with Crippen molar-refractivity contribution in [2.75, 3.05) is 39.5 Å². The number of hydrogen-bond acceptors (Lipinski definition) is 5. The SMILES string of the molecule is O=C(O)N1C[C@@H](CO)[C@@H](c2ccc(OCCCOCc3ccccc3)cc2)[C@@H](CO)C1. The standard InChI is InChI=1S/C24H31NO6/c26-15-20-13-25(24(28)29)14-21(16-27)23(20)19-7-9-22(10-8-19)31-12-4-11-30-17-18-5-2-1-3-6-18/h1-3,5-10,20-21,23,26-27H,4,11-17H2,(H,28,29)/t20-,21+,23+. The normalized spacial score (nSPS) is 21.1. The van der Waals surface area contributed by atoms with E-state index in [0.29, 0.717) is 19.8 Å². The number of ether oxygens (including phenoxy) is 2. The van der Waals surface area contributed by atoms with Crippen molar-refractivity contribution in [3.05, 3.63) is 65.7 Å². The predicted octanol–water partition coefficient (Wildman–Crippen LogP) is 2.97. The van der Waals surface area contributed by atoms with Crippen LogP contribution in [0.1, 0.15) is 23.5 Å². The summed E-state index contributed by atoms with van der Waals surface area (Å²) in [6, 6.07) is 17.7. The molecule has 2 aromatic rings. The maximum absolute atomic E-state index is 11.3. The summed E-state index contributed by atoms with van der Waals surface area (Å²) < 4.78 is 11.4. The fourth-order valence-electron chi connectivity index (χ4n) is 4.20. The van der Waals surface area contributed by atoms with E-state index in [4.69, 9.17) is 9.47 Å². The Labute approximate surface area is 182 Å². The monoisotopic (exact) mass is 429 g/mol. The zero-order valence-electron chi connectivity index (χ0n) is 17.6. The van der Waals surface area contributed by atoms with Gasteiger partial charge in [0, 0.05) is 44.6 Å². The number of carboxylic acid groups (broad SMARTS) is 1. The summed E-state index contributed by atoms with van der Waals surface area (Å²) in [4.78, 5) is 12.6. The molecule has 3 rings (SSSR count). The first-order valence-corrected chi connectivity index (χ1v) is 10.7. The van der Waals surface area contributed by atoms with E-state index in [1.165, 1.54) is 4.90 Å². The highest BCUT2D eigenvalue weighted by atomic mass is 16.5. The smallest absolute Gasteiger partial charge is 0.407 e. The Balaban J connectivity index is 1.48. The van der Waals surface area contributed by atoms with Gasteiger partial charge < -0.3 is 29.7 Å². The fourth-order valence-corrected chi connectivity index (χ4v) is 4.20. The van der Waals surface area contributed by atoms with Crippen molar-refractivity contribution < 1.29 is 29.6 Å². The van der Waals surface area contributed by atoms with Gasteiger partial charge in [-0.2, -0.15) is 0 Å². The van der Waals surface area contributed by atoms with Gasteiger partial charge in [0.2, 0.25) is 0 Å². The van der Waals surface area contributed by atoms with Crippen LogP contribution >= 0.6 is 0 Å². The van der Waals surface area contributed by atoms with Gasteiger partial charge in [-0.15, -0.1) is 0 Å². The number of aliphatic hydroxyl groups is 2. The molecular formula is C24H31NO6.